The van der Waals surface area contributed by atoms with E-state index in [1.165, 1.54) is 49.2 Å². The van der Waals surface area contributed by atoms with Crippen LogP contribution in [0, 0.1) is 16.7 Å². The third-order valence-electron chi connectivity index (χ3n) is 13.0. The minimum atomic E-state index is -0.152. The van der Waals surface area contributed by atoms with E-state index in [4.69, 9.17) is 15.7 Å². The lowest BCUT2D eigenvalue weighted by atomic mass is 9.56. The van der Waals surface area contributed by atoms with Crippen LogP contribution in [0.2, 0.25) is 0 Å². The van der Waals surface area contributed by atoms with Crippen LogP contribution >= 0.6 is 0 Å². The van der Waals surface area contributed by atoms with Crippen LogP contribution in [0.5, 0.6) is 0 Å². The number of nitrogens with zero attached hydrogens (tertiary/aromatic N) is 4. The average Bonchev–Trinajstić information content (AvgIpc) is 3.37. The molecule has 0 spiro atoms. The van der Waals surface area contributed by atoms with Gasteiger partial charge in [0.15, 0.2) is 5.82 Å². The standard InChI is InChI=1S/C41H58N6O/c1-29(42)36(31-14-9-8-10-15-31)37-44-34(26-35(45-37)46-21-23-47(48)24-22-46)32-16-11-17-33(25-32)38(2,3)39(4,5)40(6,7)43-28-41-19-12-13-30(27-41)18-20-41/h8-11,14-17,25-26,30,43,48H,12-13,18-24,27-28,42H2,1-7H3/b36-29-. The van der Waals surface area contributed by atoms with Gasteiger partial charge >= 0.3 is 0 Å². The fourth-order valence-electron chi connectivity index (χ4n) is 8.57. The fraction of sp³-hybridized carbons (Fsp3) is 0.561. The molecule has 7 heteroatoms. The summed E-state index contributed by atoms with van der Waals surface area (Å²) >= 11 is 0. The third kappa shape index (κ3) is 6.66. The molecule has 2 aromatic carbocycles. The van der Waals surface area contributed by atoms with Crippen molar-refractivity contribution in [3.63, 3.8) is 0 Å². The van der Waals surface area contributed by atoms with Crippen LogP contribution in [-0.4, -0.2) is 58.5 Å². The van der Waals surface area contributed by atoms with Crippen molar-refractivity contribution in [2.45, 2.75) is 97.9 Å². The number of piperazine rings is 1. The Labute approximate surface area is 289 Å². The monoisotopic (exact) mass is 650 g/mol. The Bertz CT molecular complexity index is 1610. The van der Waals surface area contributed by atoms with Crippen molar-refractivity contribution in [1.29, 1.82) is 0 Å². The zero-order valence-corrected chi connectivity index (χ0v) is 30.4. The SMILES string of the molecule is C/C(N)=C(\c1ccccc1)c1nc(-c2cccc(C(C)(C)C(C)(C)C(C)(C)NCC34CCCC(CC3)C4)c2)cc(N2CCN(O)CC2)n1. The number of hydrogen-bond donors (Lipinski definition) is 3. The average molecular weight is 651 g/mol. The number of hydrogen-bond acceptors (Lipinski definition) is 7. The Kier molecular flexibility index (Phi) is 9.53. The van der Waals surface area contributed by atoms with E-state index in [1.807, 2.05) is 25.1 Å². The van der Waals surface area contributed by atoms with Crippen molar-refractivity contribution in [2.75, 3.05) is 37.6 Å². The highest BCUT2D eigenvalue weighted by atomic mass is 16.5. The Hall–Kier alpha value is -3.26. The molecule has 2 unspecified atom stereocenters. The number of hydroxylamine groups is 2. The fourth-order valence-corrected chi connectivity index (χ4v) is 8.57. The Morgan fingerprint density at radius 2 is 1.65 bits per heavy atom. The highest BCUT2D eigenvalue weighted by molar-refractivity contribution is 5.80. The maximum absolute atomic E-state index is 10.1. The molecule has 2 bridgehead atoms. The first kappa shape index (κ1) is 34.6. The predicted octanol–water partition coefficient (Wildman–Crippen LogP) is 8.04. The molecule has 1 aliphatic heterocycles. The molecule has 258 valence electrons. The van der Waals surface area contributed by atoms with Gasteiger partial charge in [-0.05, 0) is 85.8 Å². The Morgan fingerprint density at radius 3 is 2.35 bits per heavy atom. The van der Waals surface area contributed by atoms with Crippen molar-refractivity contribution in [2.24, 2.45) is 22.5 Å². The van der Waals surface area contributed by atoms with Crippen LogP contribution in [0.4, 0.5) is 5.82 Å². The molecule has 48 heavy (non-hydrogen) atoms. The molecule has 2 atom stereocenters. The summed E-state index contributed by atoms with van der Waals surface area (Å²) in [6, 6.07) is 21.2. The van der Waals surface area contributed by atoms with Crippen LogP contribution in [0.25, 0.3) is 16.8 Å². The molecule has 3 aromatic rings. The van der Waals surface area contributed by atoms with Crippen molar-refractivity contribution in [3.8, 4) is 11.3 Å². The maximum Gasteiger partial charge on any atom is 0.164 e. The lowest BCUT2D eigenvalue weighted by molar-refractivity contribution is -0.0936. The highest BCUT2D eigenvalue weighted by Gasteiger charge is 2.50. The van der Waals surface area contributed by atoms with Crippen molar-refractivity contribution in [1.82, 2.24) is 20.3 Å². The first-order valence-corrected chi connectivity index (χ1v) is 18.2. The van der Waals surface area contributed by atoms with Gasteiger partial charge in [-0.2, -0.15) is 5.06 Å². The van der Waals surface area contributed by atoms with E-state index in [1.54, 1.807) is 0 Å². The second-order valence-electron chi connectivity index (χ2n) is 16.6. The number of fused-ring (bicyclic) bond motifs is 2. The quantitative estimate of drug-likeness (QED) is 0.205. The molecule has 2 saturated carbocycles. The predicted molar refractivity (Wildman–Crippen MR) is 198 cm³/mol. The van der Waals surface area contributed by atoms with E-state index in [0.717, 1.165) is 40.7 Å². The lowest BCUT2D eigenvalue weighted by Crippen LogP contribution is -2.60. The number of nitrogens with two attached hydrogens (primary N) is 1. The molecular formula is C41H58N6O. The van der Waals surface area contributed by atoms with Crippen molar-refractivity contribution < 1.29 is 5.21 Å². The van der Waals surface area contributed by atoms with Gasteiger partial charge in [0.2, 0.25) is 0 Å². The summed E-state index contributed by atoms with van der Waals surface area (Å²) in [4.78, 5) is 12.5. The minimum Gasteiger partial charge on any atom is -0.402 e. The molecule has 7 nitrogen and oxygen atoms in total. The number of rotatable bonds is 10. The van der Waals surface area contributed by atoms with E-state index in [9.17, 15) is 5.21 Å². The van der Waals surface area contributed by atoms with Gasteiger partial charge in [-0.15, -0.1) is 0 Å². The molecule has 2 heterocycles. The van der Waals surface area contributed by atoms with Gasteiger partial charge in [-0.25, -0.2) is 9.97 Å². The van der Waals surface area contributed by atoms with Gasteiger partial charge in [-0.3, -0.25) is 0 Å². The van der Waals surface area contributed by atoms with Crippen LogP contribution in [-0.2, 0) is 5.41 Å². The number of benzene rings is 2. The van der Waals surface area contributed by atoms with E-state index in [2.05, 4.69) is 94.2 Å². The van der Waals surface area contributed by atoms with E-state index in [0.29, 0.717) is 43.1 Å². The molecule has 0 radical (unpaired) electrons. The van der Waals surface area contributed by atoms with E-state index in [-0.39, 0.29) is 16.4 Å². The zero-order chi connectivity index (χ0) is 34.3. The molecule has 6 rings (SSSR count). The summed E-state index contributed by atoms with van der Waals surface area (Å²) in [6.45, 7) is 20.0. The molecule has 3 fully saturated rings. The minimum absolute atomic E-state index is 0.0756. The van der Waals surface area contributed by atoms with Gasteiger partial charge < -0.3 is 21.2 Å². The molecule has 1 saturated heterocycles. The number of allylic oxidation sites excluding steroid dienone is 1. The second kappa shape index (κ2) is 13.2. The summed E-state index contributed by atoms with van der Waals surface area (Å²) in [5, 5.41) is 15.6. The van der Waals surface area contributed by atoms with Gasteiger partial charge in [0.1, 0.15) is 5.82 Å². The van der Waals surface area contributed by atoms with Crippen LogP contribution in [0.3, 0.4) is 0 Å². The summed E-state index contributed by atoms with van der Waals surface area (Å²) in [5.74, 6) is 2.42. The second-order valence-corrected chi connectivity index (χ2v) is 16.6. The van der Waals surface area contributed by atoms with Crippen LogP contribution < -0.4 is 16.0 Å². The summed E-state index contributed by atoms with van der Waals surface area (Å²) in [5.41, 5.74) is 12.5. The topological polar surface area (TPSA) is 90.5 Å². The first-order valence-electron chi connectivity index (χ1n) is 18.2. The molecular weight excluding hydrogens is 592 g/mol. The van der Waals surface area contributed by atoms with Gasteiger partial charge in [0.25, 0.3) is 0 Å². The van der Waals surface area contributed by atoms with Crippen LogP contribution in [0.1, 0.15) is 104 Å². The van der Waals surface area contributed by atoms with E-state index < -0.39 is 0 Å². The highest BCUT2D eigenvalue weighted by Crippen LogP contribution is 2.53. The molecule has 2 aliphatic carbocycles. The molecule has 1 aromatic heterocycles. The third-order valence-corrected chi connectivity index (χ3v) is 13.0. The van der Waals surface area contributed by atoms with Crippen molar-refractivity contribution >= 4 is 11.4 Å². The summed E-state index contributed by atoms with van der Waals surface area (Å²) < 4.78 is 0. The number of nitrogens with one attached hydrogen (secondary N) is 1. The lowest BCUT2D eigenvalue weighted by Gasteiger charge is -2.54. The number of aromatic nitrogens is 2. The van der Waals surface area contributed by atoms with Gasteiger partial charge in [-0.1, -0.05) is 89.1 Å². The Morgan fingerprint density at radius 1 is 0.917 bits per heavy atom. The van der Waals surface area contributed by atoms with Crippen molar-refractivity contribution in [3.05, 3.63) is 83.3 Å². The largest absolute Gasteiger partial charge is 0.402 e. The Balaban J connectivity index is 1.35. The maximum atomic E-state index is 10.1. The van der Waals surface area contributed by atoms with Gasteiger partial charge in [0.05, 0.1) is 5.69 Å². The molecule has 4 N–H and O–H groups in total. The molecule has 3 aliphatic rings. The summed E-state index contributed by atoms with van der Waals surface area (Å²) in [6.07, 6.45) is 8.42. The van der Waals surface area contributed by atoms with Gasteiger partial charge in [0, 0.05) is 61.2 Å². The number of anilines is 1. The van der Waals surface area contributed by atoms with Crippen LogP contribution in [0.15, 0.2) is 66.4 Å². The normalized spacial score (nSPS) is 22.9. The molecule has 0 amide bonds. The zero-order valence-electron chi connectivity index (χ0n) is 30.4. The smallest absolute Gasteiger partial charge is 0.164 e. The first-order chi connectivity index (χ1) is 22.7. The summed E-state index contributed by atoms with van der Waals surface area (Å²) in [7, 11) is 0. The van der Waals surface area contributed by atoms with E-state index >= 15 is 0 Å².